The second kappa shape index (κ2) is 6.11. The van der Waals surface area contributed by atoms with Gasteiger partial charge in [0.15, 0.2) is 0 Å². The van der Waals surface area contributed by atoms with Crippen LogP contribution in [0.2, 0.25) is 0 Å². The average molecular weight is 359 g/mol. The lowest BCUT2D eigenvalue weighted by Crippen LogP contribution is -2.21. The Labute approximate surface area is 150 Å². The minimum Gasteiger partial charge on any atom is -0.465 e. The number of esters is 1. The number of anilines is 2. The summed E-state index contributed by atoms with van der Waals surface area (Å²) in [4.78, 5) is 22.3. The van der Waals surface area contributed by atoms with Crippen LogP contribution in [0.3, 0.4) is 0 Å². The number of thiophene rings is 1. The van der Waals surface area contributed by atoms with Crippen LogP contribution >= 0.6 is 11.3 Å². The van der Waals surface area contributed by atoms with Crippen molar-refractivity contribution in [2.45, 2.75) is 40.2 Å². The van der Waals surface area contributed by atoms with Crippen molar-refractivity contribution in [1.82, 2.24) is 19.7 Å². The van der Waals surface area contributed by atoms with Gasteiger partial charge in [0.2, 0.25) is 0 Å². The van der Waals surface area contributed by atoms with Gasteiger partial charge in [-0.05, 0) is 40.2 Å². The summed E-state index contributed by atoms with van der Waals surface area (Å²) in [7, 11) is 1.38. The molecular formula is C17H21N5O2S. The van der Waals surface area contributed by atoms with Gasteiger partial charge in [0, 0.05) is 6.20 Å². The van der Waals surface area contributed by atoms with Crippen LogP contribution in [-0.4, -0.2) is 32.8 Å². The molecule has 0 spiro atoms. The summed E-state index contributed by atoms with van der Waals surface area (Å²) in [5, 5.41) is 8.54. The number of hydrogen-bond acceptors (Lipinski definition) is 7. The molecule has 8 heteroatoms. The minimum absolute atomic E-state index is 0.104. The predicted molar refractivity (Wildman–Crippen MR) is 98.7 cm³/mol. The minimum atomic E-state index is -0.357. The van der Waals surface area contributed by atoms with Gasteiger partial charge in [-0.1, -0.05) is 0 Å². The first kappa shape index (κ1) is 17.3. The fourth-order valence-electron chi connectivity index (χ4n) is 2.51. The number of aromatic nitrogens is 4. The second-order valence-electron chi connectivity index (χ2n) is 6.82. The number of rotatable bonds is 3. The first-order valence-corrected chi connectivity index (χ1v) is 8.70. The highest BCUT2D eigenvalue weighted by Gasteiger charge is 2.21. The average Bonchev–Trinajstić information content (AvgIpc) is 3.11. The van der Waals surface area contributed by atoms with E-state index in [1.165, 1.54) is 18.4 Å². The molecule has 132 valence electrons. The Morgan fingerprint density at radius 1 is 1.28 bits per heavy atom. The molecule has 0 amide bonds. The van der Waals surface area contributed by atoms with Crippen LogP contribution < -0.4 is 5.32 Å². The van der Waals surface area contributed by atoms with E-state index in [9.17, 15) is 4.79 Å². The normalized spacial score (nSPS) is 11.8. The molecule has 0 saturated carbocycles. The van der Waals surface area contributed by atoms with Crippen LogP contribution in [0.25, 0.3) is 10.2 Å². The zero-order chi connectivity index (χ0) is 18.4. The van der Waals surface area contributed by atoms with E-state index in [4.69, 9.17) is 4.74 Å². The Morgan fingerprint density at radius 3 is 2.60 bits per heavy atom. The first-order chi connectivity index (χ1) is 11.7. The molecule has 0 fully saturated rings. The molecule has 7 nitrogen and oxygen atoms in total. The van der Waals surface area contributed by atoms with Crippen LogP contribution in [0, 0.1) is 13.8 Å². The van der Waals surface area contributed by atoms with Crippen molar-refractivity contribution in [3.05, 3.63) is 28.7 Å². The molecule has 0 aliphatic rings. The maximum atomic E-state index is 12.0. The Hall–Kier alpha value is -2.48. The van der Waals surface area contributed by atoms with Gasteiger partial charge in [0.25, 0.3) is 0 Å². The summed E-state index contributed by atoms with van der Waals surface area (Å²) >= 11 is 1.32. The van der Waals surface area contributed by atoms with Crippen molar-refractivity contribution in [3.63, 3.8) is 0 Å². The lowest BCUT2D eigenvalue weighted by Gasteiger charge is -2.18. The van der Waals surface area contributed by atoms with Crippen molar-refractivity contribution >= 4 is 39.0 Å². The van der Waals surface area contributed by atoms with Gasteiger partial charge in [-0.25, -0.2) is 14.8 Å². The van der Waals surface area contributed by atoms with E-state index < -0.39 is 0 Å². The van der Waals surface area contributed by atoms with E-state index in [1.54, 1.807) is 6.20 Å². The number of nitrogens with zero attached hydrogens (tertiary/aromatic N) is 4. The summed E-state index contributed by atoms with van der Waals surface area (Å²) in [5.74, 6) is 0.945. The van der Waals surface area contributed by atoms with Gasteiger partial charge in [0.1, 0.15) is 21.3 Å². The lowest BCUT2D eigenvalue weighted by molar-refractivity contribution is 0.0605. The molecule has 0 aliphatic carbocycles. The van der Waals surface area contributed by atoms with Gasteiger partial charge in [-0.2, -0.15) is 5.10 Å². The molecule has 25 heavy (non-hydrogen) atoms. The van der Waals surface area contributed by atoms with Crippen molar-refractivity contribution in [3.8, 4) is 0 Å². The van der Waals surface area contributed by atoms with E-state index in [-0.39, 0.29) is 11.5 Å². The zero-order valence-electron chi connectivity index (χ0n) is 15.2. The van der Waals surface area contributed by atoms with E-state index in [0.717, 1.165) is 21.5 Å². The number of ether oxygens (including phenoxy) is 1. The largest absolute Gasteiger partial charge is 0.465 e. The van der Waals surface area contributed by atoms with Crippen LogP contribution in [0.5, 0.6) is 0 Å². The maximum absolute atomic E-state index is 12.0. The highest BCUT2D eigenvalue weighted by molar-refractivity contribution is 7.20. The third-order valence-electron chi connectivity index (χ3n) is 3.81. The van der Waals surface area contributed by atoms with Gasteiger partial charge < -0.3 is 10.1 Å². The van der Waals surface area contributed by atoms with Crippen molar-refractivity contribution < 1.29 is 9.53 Å². The van der Waals surface area contributed by atoms with E-state index in [2.05, 4.69) is 41.2 Å². The molecular weight excluding hydrogens is 338 g/mol. The SMILES string of the molecule is COC(=O)c1sc2nc(C)nc(Nc3cnn(C(C)(C)C)c3)c2c1C. The third-order valence-corrected chi connectivity index (χ3v) is 4.97. The molecule has 3 aromatic heterocycles. The molecule has 0 bridgehead atoms. The number of nitrogens with one attached hydrogen (secondary N) is 1. The molecule has 3 aromatic rings. The Kier molecular flexibility index (Phi) is 4.24. The van der Waals surface area contributed by atoms with Crippen molar-refractivity contribution in [1.29, 1.82) is 0 Å². The molecule has 3 heterocycles. The summed E-state index contributed by atoms with van der Waals surface area (Å²) in [6.07, 6.45) is 3.70. The summed E-state index contributed by atoms with van der Waals surface area (Å²) in [6.45, 7) is 9.97. The number of fused-ring (bicyclic) bond motifs is 1. The monoisotopic (exact) mass is 359 g/mol. The number of methoxy groups -OCH3 is 1. The number of hydrogen-bond donors (Lipinski definition) is 1. The Morgan fingerprint density at radius 2 is 2.00 bits per heavy atom. The molecule has 0 atom stereocenters. The summed E-state index contributed by atoms with van der Waals surface area (Å²) in [5.41, 5.74) is 1.55. The number of carbonyl (C=O) groups is 1. The molecule has 0 aromatic carbocycles. The molecule has 0 aliphatic heterocycles. The van der Waals surface area contributed by atoms with Crippen LogP contribution in [-0.2, 0) is 10.3 Å². The lowest BCUT2D eigenvalue weighted by atomic mass is 10.1. The fraction of sp³-hybridized carbons (Fsp3) is 0.412. The second-order valence-corrected chi connectivity index (χ2v) is 7.82. The first-order valence-electron chi connectivity index (χ1n) is 7.89. The highest BCUT2D eigenvalue weighted by atomic mass is 32.1. The third kappa shape index (κ3) is 3.21. The van der Waals surface area contributed by atoms with Gasteiger partial charge >= 0.3 is 5.97 Å². The van der Waals surface area contributed by atoms with Gasteiger partial charge in [-0.15, -0.1) is 11.3 Å². The number of carbonyl (C=O) groups excluding carboxylic acids is 1. The topological polar surface area (TPSA) is 81.9 Å². The molecule has 0 radical (unpaired) electrons. The number of aryl methyl sites for hydroxylation is 2. The standard InChI is InChI=1S/C17H21N5O2S/c1-9-12-14(21-11-7-18-22(8-11)17(3,4)5)19-10(2)20-15(12)25-13(9)16(23)24-6/h7-8H,1-6H3,(H,19,20,21). The quantitative estimate of drug-likeness (QED) is 0.717. The highest BCUT2D eigenvalue weighted by Crippen LogP contribution is 2.35. The fourth-order valence-corrected chi connectivity index (χ4v) is 3.66. The summed E-state index contributed by atoms with van der Waals surface area (Å²) in [6, 6.07) is 0. The van der Waals surface area contributed by atoms with Crippen molar-refractivity contribution in [2.24, 2.45) is 0 Å². The smallest absolute Gasteiger partial charge is 0.348 e. The predicted octanol–water partition coefficient (Wildman–Crippen LogP) is 3.79. The van der Waals surface area contributed by atoms with E-state index >= 15 is 0 Å². The van der Waals surface area contributed by atoms with Gasteiger partial charge in [0.05, 0.1) is 29.9 Å². The van der Waals surface area contributed by atoms with Crippen molar-refractivity contribution in [2.75, 3.05) is 12.4 Å². The van der Waals surface area contributed by atoms with Crippen LogP contribution in [0.15, 0.2) is 12.4 Å². The van der Waals surface area contributed by atoms with Crippen LogP contribution in [0.1, 0.15) is 41.8 Å². The molecule has 3 rings (SSSR count). The molecule has 1 N–H and O–H groups in total. The zero-order valence-corrected chi connectivity index (χ0v) is 16.0. The molecule has 0 saturated heterocycles. The van der Waals surface area contributed by atoms with Crippen LogP contribution in [0.4, 0.5) is 11.5 Å². The van der Waals surface area contributed by atoms with E-state index in [1.807, 2.05) is 24.7 Å². The van der Waals surface area contributed by atoms with E-state index in [0.29, 0.717) is 16.5 Å². The Bertz CT molecular complexity index is 952. The maximum Gasteiger partial charge on any atom is 0.348 e. The molecule has 0 unspecified atom stereocenters. The summed E-state index contributed by atoms with van der Waals surface area (Å²) < 4.78 is 6.76. The Balaban J connectivity index is 2.08. The van der Waals surface area contributed by atoms with Gasteiger partial charge in [-0.3, -0.25) is 4.68 Å².